The lowest BCUT2D eigenvalue weighted by molar-refractivity contribution is -0.127. The number of hydrogen-bond donors (Lipinski definition) is 0. The Labute approximate surface area is 158 Å². The fourth-order valence-corrected chi connectivity index (χ4v) is 3.85. The molecule has 1 fully saturated rings. The molecule has 0 N–H and O–H groups in total. The molecule has 27 heavy (non-hydrogen) atoms. The number of nitrogens with zero attached hydrogens (tertiary/aromatic N) is 3. The van der Waals surface area contributed by atoms with E-state index in [-0.39, 0.29) is 17.6 Å². The summed E-state index contributed by atoms with van der Waals surface area (Å²) in [7, 11) is 0. The van der Waals surface area contributed by atoms with Crippen LogP contribution in [-0.4, -0.2) is 33.4 Å². The van der Waals surface area contributed by atoms with E-state index in [0.717, 1.165) is 48.4 Å². The van der Waals surface area contributed by atoms with Gasteiger partial charge >= 0.3 is 0 Å². The Morgan fingerprint density at radius 2 is 1.93 bits per heavy atom. The predicted octanol–water partition coefficient (Wildman–Crippen LogP) is 4.34. The second kappa shape index (κ2) is 7.51. The van der Waals surface area contributed by atoms with Crippen LogP contribution in [-0.2, 0) is 11.3 Å². The molecule has 1 saturated heterocycles. The summed E-state index contributed by atoms with van der Waals surface area (Å²) in [5, 5.41) is 0. The highest BCUT2D eigenvalue weighted by Crippen LogP contribution is 2.31. The normalized spacial score (nSPS) is 17.2. The number of carbonyl (C=O) groups is 1. The van der Waals surface area contributed by atoms with Crippen molar-refractivity contribution in [2.24, 2.45) is 0 Å². The summed E-state index contributed by atoms with van der Waals surface area (Å²) in [6.07, 6.45) is 2.62. The van der Waals surface area contributed by atoms with E-state index >= 15 is 0 Å². The fourth-order valence-electron chi connectivity index (χ4n) is 3.85. The van der Waals surface area contributed by atoms with Gasteiger partial charge in [-0.15, -0.1) is 0 Å². The van der Waals surface area contributed by atoms with Crippen LogP contribution in [0.1, 0.15) is 43.5 Å². The average Bonchev–Trinajstić information content (AvgIpc) is 3.22. The number of rotatable bonds is 6. The minimum Gasteiger partial charge on any atom is -0.342 e. The van der Waals surface area contributed by atoms with Crippen molar-refractivity contribution in [3.63, 3.8) is 0 Å². The van der Waals surface area contributed by atoms with Crippen molar-refractivity contribution < 1.29 is 9.18 Å². The maximum absolute atomic E-state index is 13.3. The van der Waals surface area contributed by atoms with Crippen LogP contribution in [0.25, 0.3) is 11.0 Å². The lowest BCUT2D eigenvalue weighted by Gasteiger charge is -2.17. The van der Waals surface area contributed by atoms with Gasteiger partial charge in [0, 0.05) is 32.0 Å². The minimum absolute atomic E-state index is 0.0993. The van der Waals surface area contributed by atoms with E-state index in [2.05, 4.69) is 17.6 Å². The monoisotopic (exact) mass is 365 g/mol. The van der Waals surface area contributed by atoms with Gasteiger partial charge in [-0.05, 0) is 36.2 Å². The molecule has 3 aromatic rings. The molecule has 1 amide bonds. The Morgan fingerprint density at radius 1 is 1.15 bits per heavy atom. The molecular weight excluding hydrogens is 341 g/mol. The van der Waals surface area contributed by atoms with Gasteiger partial charge < -0.3 is 9.47 Å². The van der Waals surface area contributed by atoms with Gasteiger partial charge in [0.05, 0.1) is 11.0 Å². The second-order valence-electron chi connectivity index (χ2n) is 7.27. The summed E-state index contributed by atoms with van der Waals surface area (Å²) >= 11 is 0. The third kappa shape index (κ3) is 3.59. The van der Waals surface area contributed by atoms with Gasteiger partial charge in [-0.25, -0.2) is 9.37 Å². The summed E-state index contributed by atoms with van der Waals surface area (Å²) in [6.45, 7) is 4.31. The number of halogens is 1. The fraction of sp³-hybridized carbons (Fsp3) is 0.364. The van der Waals surface area contributed by atoms with Crippen molar-refractivity contribution in [3.05, 3.63) is 65.7 Å². The Hall–Kier alpha value is -2.69. The molecule has 0 aliphatic carbocycles. The van der Waals surface area contributed by atoms with Crippen LogP contribution < -0.4 is 0 Å². The molecule has 5 heteroatoms. The number of imidazole rings is 1. The Morgan fingerprint density at radius 3 is 2.70 bits per heavy atom. The van der Waals surface area contributed by atoms with E-state index in [9.17, 15) is 9.18 Å². The number of amides is 1. The van der Waals surface area contributed by atoms with Gasteiger partial charge in [-0.1, -0.05) is 37.6 Å². The van der Waals surface area contributed by atoms with Gasteiger partial charge in [0.25, 0.3) is 0 Å². The first-order chi connectivity index (χ1) is 13.2. The highest BCUT2D eigenvalue weighted by atomic mass is 19.1. The van der Waals surface area contributed by atoms with E-state index in [1.807, 2.05) is 23.1 Å². The number of likely N-dealkylation sites (tertiary alicyclic amines) is 1. The summed E-state index contributed by atoms with van der Waals surface area (Å²) < 4.78 is 15.5. The van der Waals surface area contributed by atoms with E-state index in [4.69, 9.17) is 4.98 Å². The zero-order chi connectivity index (χ0) is 18.8. The number of hydrogen-bond acceptors (Lipinski definition) is 2. The van der Waals surface area contributed by atoms with Gasteiger partial charge in [0.1, 0.15) is 11.6 Å². The molecule has 1 unspecified atom stereocenters. The molecule has 4 rings (SSSR count). The minimum atomic E-state index is -0.234. The van der Waals surface area contributed by atoms with Gasteiger partial charge in [0.15, 0.2) is 0 Å². The lowest BCUT2D eigenvalue weighted by atomic mass is 10.1. The molecule has 1 atom stereocenters. The average molecular weight is 365 g/mol. The zero-order valence-electron chi connectivity index (χ0n) is 15.6. The molecule has 1 aromatic heterocycles. The third-order valence-electron chi connectivity index (χ3n) is 5.30. The Balaban J connectivity index is 1.68. The van der Waals surface area contributed by atoms with E-state index in [0.29, 0.717) is 13.0 Å². The van der Waals surface area contributed by atoms with E-state index in [1.54, 1.807) is 12.1 Å². The third-order valence-corrected chi connectivity index (χ3v) is 5.30. The SMILES string of the molecule is CCCCN1CC(c2nc3ccccc3n2Cc2ccc(F)cc2)CC1=O. The molecule has 2 heterocycles. The lowest BCUT2D eigenvalue weighted by Crippen LogP contribution is -2.26. The molecule has 0 saturated carbocycles. The van der Waals surface area contributed by atoms with Gasteiger partial charge in [-0.2, -0.15) is 0 Å². The number of fused-ring (bicyclic) bond motifs is 1. The summed E-state index contributed by atoms with van der Waals surface area (Å²) in [5.74, 6) is 1.03. The van der Waals surface area contributed by atoms with Crippen molar-refractivity contribution in [3.8, 4) is 0 Å². The van der Waals surface area contributed by atoms with Crippen LogP contribution in [0, 0.1) is 5.82 Å². The largest absolute Gasteiger partial charge is 0.342 e. The first kappa shape index (κ1) is 17.7. The highest BCUT2D eigenvalue weighted by molar-refractivity contribution is 5.81. The van der Waals surface area contributed by atoms with Crippen molar-refractivity contribution in [2.45, 2.75) is 38.6 Å². The number of carbonyl (C=O) groups excluding carboxylic acids is 1. The Bertz CT molecular complexity index is 948. The zero-order valence-corrected chi connectivity index (χ0v) is 15.6. The van der Waals surface area contributed by atoms with Crippen LogP contribution in [0.3, 0.4) is 0 Å². The van der Waals surface area contributed by atoms with Crippen molar-refractivity contribution in [2.75, 3.05) is 13.1 Å². The standard InChI is InChI=1S/C22H24FN3O/c1-2-3-12-25-15-17(13-21(25)27)22-24-19-6-4-5-7-20(19)26(22)14-16-8-10-18(23)11-9-16/h4-11,17H,2-3,12-15H2,1H3. The number of unbranched alkanes of at least 4 members (excludes halogenated alkanes) is 1. The molecule has 2 aromatic carbocycles. The van der Waals surface area contributed by atoms with E-state index < -0.39 is 0 Å². The van der Waals surface area contributed by atoms with Crippen molar-refractivity contribution in [1.82, 2.24) is 14.5 Å². The van der Waals surface area contributed by atoms with Crippen LogP contribution in [0.5, 0.6) is 0 Å². The maximum Gasteiger partial charge on any atom is 0.223 e. The smallest absolute Gasteiger partial charge is 0.223 e. The summed E-state index contributed by atoms with van der Waals surface area (Å²) in [4.78, 5) is 19.3. The van der Waals surface area contributed by atoms with Crippen LogP contribution >= 0.6 is 0 Å². The summed E-state index contributed by atoms with van der Waals surface area (Å²) in [6, 6.07) is 14.6. The molecule has 0 spiro atoms. The van der Waals surface area contributed by atoms with Crippen LogP contribution in [0.2, 0.25) is 0 Å². The molecule has 140 valence electrons. The highest BCUT2D eigenvalue weighted by Gasteiger charge is 2.33. The first-order valence-electron chi connectivity index (χ1n) is 9.63. The van der Waals surface area contributed by atoms with E-state index in [1.165, 1.54) is 12.1 Å². The Kier molecular flexibility index (Phi) is 4.92. The second-order valence-corrected chi connectivity index (χ2v) is 7.27. The molecule has 4 nitrogen and oxygen atoms in total. The van der Waals surface area contributed by atoms with Crippen LogP contribution in [0.15, 0.2) is 48.5 Å². The van der Waals surface area contributed by atoms with Gasteiger partial charge in [0.2, 0.25) is 5.91 Å². The number of aromatic nitrogens is 2. The van der Waals surface area contributed by atoms with Gasteiger partial charge in [-0.3, -0.25) is 4.79 Å². The molecule has 0 bridgehead atoms. The van der Waals surface area contributed by atoms with Crippen molar-refractivity contribution in [1.29, 1.82) is 0 Å². The summed E-state index contributed by atoms with van der Waals surface area (Å²) in [5.41, 5.74) is 3.01. The van der Waals surface area contributed by atoms with Crippen LogP contribution in [0.4, 0.5) is 4.39 Å². The number of para-hydroxylation sites is 2. The maximum atomic E-state index is 13.3. The molecule has 0 radical (unpaired) electrons. The quantitative estimate of drug-likeness (QED) is 0.652. The number of benzene rings is 2. The molecule has 1 aliphatic rings. The molecule has 1 aliphatic heterocycles. The first-order valence-corrected chi connectivity index (χ1v) is 9.63. The molecular formula is C22H24FN3O. The van der Waals surface area contributed by atoms with Crippen molar-refractivity contribution >= 4 is 16.9 Å². The topological polar surface area (TPSA) is 38.1 Å². The predicted molar refractivity (Wildman–Crippen MR) is 104 cm³/mol.